The quantitative estimate of drug-likeness (QED) is 0.531. The smallest absolute Gasteiger partial charge is 0.306 e. The number of nitrogens with one attached hydrogen (secondary N) is 1. The van der Waals surface area contributed by atoms with Crippen LogP contribution in [0.25, 0.3) is 0 Å². The Morgan fingerprint density at radius 2 is 2.12 bits per heavy atom. The SMILES string of the molecule is Cc1cc(OCCCC(=O)OCC(=O)NCc2cccs2)ccc1Cl. The molecule has 5 nitrogen and oxygen atoms in total. The van der Waals surface area contributed by atoms with E-state index in [2.05, 4.69) is 5.32 Å². The summed E-state index contributed by atoms with van der Waals surface area (Å²) < 4.78 is 10.5. The van der Waals surface area contributed by atoms with Crippen molar-refractivity contribution in [2.45, 2.75) is 26.3 Å². The van der Waals surface area contributed by atoms with Crippen LogP contribution < -0.4 is 10.1 Å². The Balaban J connectivity index is 1.55. The first kappa shape index (κ1) is 19.3. The molecule has 2 rings (SSSR count). The summed E-state index contributed by atoms with van der Waals surface area (Å²) in [6, 6.07) is 9.25. The number of ether oxygens (including phenoxy) is 2. The molecule has 1 aromatic heterocycles. The summed E-state index contributed by atoms with van der Waals surface area (Å²) in [6.07, 6.45) is 0.710. The van der Waals surface area contributed by atoms with Gasteiger partial charge in [0.25, 0.3) is 5.91 Å². The minimum atomic E-state index is -0.415. The maximum absolute atomic E-state index is 11.6. The first-order valence-electron chi connectivity index (χ1n) is 7.88. The van der Waals surface area contributed by atoms with Gasteiger partial charge in [0.1, 0.15) is 5.75 Å². The minimum absolute atomic E-state index is 0.199. The van der Waals surface area contributed by atoms with E-state index in [1.54, 1.807) is 23.5 Å². The normalized spacial score (nSPS) is 10.3. The fourth-order valence-corrected chi connectivity index (χ4v) is 2.74. The summed E-state index contributed by atoms with van der Waals surface area (Å²) in [7, 11) is 0. The van der Waals surface area contributed by atoms with E-state index in [-0.39, 0.29) is 18.9 Å². The zero-order chi connectivity index (χ0) is 18.1. The van der Waals surface area contributed by atoms with Gasteiger partial charge in [-0.1, -0.05) is 17.7 Å². The molecule has 1 heterocycles. The molecule has 0 saturated heterocycles. The Hall–Kier alpha value is -2.05. The molecule has 1 amide bonds. The van der Waals surface area contributed by atoms with Crippen molar-refractivity contribution in [2.24, 2.45) is 0 Å². The summed E-state index contributed by atoms with van der Waals surface area (Å²) >= 11 is 7.51. The van der Waals surface area contributed by atoms with Gasteiger partial charge in [0, 0.05) is 16.3 Å². The molecule has 0 radical (unpaired) electrons. The van der Waals surface area contributed by atoms with Crippen molar-refractivity contribution in [1.29, 1.82) is 0 Å². The molecule has 0 aliphatic carbocycles. The van der Waals surface area contributed by atoms with Crippen LogP contribution in [0.2, 0.25) is 5.02 Å². The van der Waals surface area contributed by atoms with Crippen molar-refractivity contribution in [3.8, 4) is 5.75 Å². The van der Waals surface area contributed by atoms with Gasteiger partial charge in [0.2, 0.25) is 0 Å². The van der Waals surface area contributed by atoms with Gasteiger partial charge in [0.05, 0.1) is 13.2 Å². The van der Waals surface area contributed by atoms with E-state index < -0.39 is 5.97 Å². The van der Waals surface area contributed by atoms with E-state index in [9.17, 15) is 9.59 Å². The van der Waals surface area contributed by atoms with Crippen molar-refractivity contribution in [2.75, 3.05) is 13.2 Å². The van der Waals surface area contributed by atoms with Gasteiger partial charge in [-0.2, -0.15) is 0 Å². The third-order valence-electron chi connectivity index (χ3n) is 3.33. The third-order valence-corrected chi connectivity index (χ3v) is 4.63. The molecule has 0 atom stereocenters. The molecule has 0 aliphatic heterocycles. The van der Waals surface area contributed by atoms with Crippen LogP contribution in [0.4, 0.5) is 0 Å². The van der Waals surface area contributed by atoms with E-state index in [1.165, 1.54) is 0 Å². The van der Waals surface area contributed by atoms with Crippen LogP contribution in [0.15, 0.2) is 35.7 Å². The van der Waals surface area contributed by atoms with Crippen LogP contribution in [0.3, 0.4) is 0 Å². The summed E-state index contributed by atoms with van der Waals surface area (Å²) in [6.45, 7) is 2.47. The molecule has 0 fully saturated rings. The lowest BCUT2D eigenvalue weighted by Gasteiger charge is -2.08. The third kappa shape index (κ3) is 7.15. The second-order valence-corrected chi connectivity index (χ2v) is 6.82. The maximum Gasteiger partial charge on any atom is 0.306 e. The number of carbonyl (C=O) groups is 2. The van der Waals surface area contributed by atoms with Crippen LogP contribution in [-0.2, 0) is 20.9 Å². The number of carbonyl (C=O) groups excluding carboxylic acids is 2. The number of benzene rings is 1. The summed E-state index contributed by atoms with van der Waals surface area (Å²) in [4.78, 5) is 24.3. The van der Waals surface area contributed by atoms with Crippen LogP contribution >= 0.6 is 22.9 Å². The molecule has 1 N–H and O–H groups in total. The van der Waals surface area contributed by atoms with E-state index >= 15 is 0 Å². The fourth-order valence-electron chi connectivity index (χ4n) is 1.98. The largest absolute Gasteiger partial charge is 0.494 e. The highest BCUT2D eigenvalue weighted by Gasteiger charge is 2.08. The van der Waals surface area contributed by atoms with Gasteiger partial charge in [-0.25, -0.2) is 0 Å². The van der Waals surface area contributed by atoms with Crippen LogP contribution in [0.5, 0.6) is 5.75 Å². The molecular formula is C18H20ClNO4S. The van der Waals surface area contributed by atoms with Gasteiger partial charge in [-0.05, 0) is 48.6 Å². The molecule has 0 saturated carbocycles. The number of amides is 1. The average Bonchev–Trinajstić information content (AvgIpc) is 3.11. The highest BCUT2D eigenvalue weighted by Crippen LogP contribution is 2.21. The predicted octanol–water partition coefficient (Wildman–Crippen LogP) is 3.73. The van der Waals surface area contributed by atoms with Crippen LogP contribution in [-0.4, -0.2) is 25.1 Å². The molecule has 0 bridgehead atoms. The van der Waals surface area contributed by atoms with Gasteiger partial charge in [-0.15, -0.1) is 11.3 Å². The highest BCUT2D eigenvalue weighted by atomic mass is 35.5. The van der Waals surface area contributed by atoms with E-state index in [0.717, 1.165) is 10.4 Å². The molecule has 0 spiro atoms. The van der Waals surface area contributed by atoms with Gasteiger partial charge in [0.15, 0.2) is 6.61 Å². The monoisotopic (exact) mass is 381 g/mol. The van der Waals surface area contributed by atoms with Crippen molar-refractivity contribution in [3.05, 3.63) is 51.2 Å². The summed E-state index contributed by atoms with van der Waals surface area (Å²) in [5.41, 5.74) is 0.937. The maximum atomic E-state index is 11.6. The van der Waals surface area contributed by atoms with Crippen molar-refractivity contribution >= 4 is 34.8 Å². The molecule has 2 aromatic rings. The minimum Gasteiger partial charge on any atom is -0.494 e. The zero-order valence-electron chi connectivity index (χ0n) is 13.9. The zero-order valence-corrected chi connectivity index (χ0v) is 15.5. The first-order valence-corrected chi connectivity index (χ1v) is 9.14. The lowest BCUT2D eigenvalue weighted by atomic mass is 10.2. The number of thiophene rings is 1. The second kappa shape index (κ2) is 10.1. The van der Waals surface area contributed by atoms with Crippen molar-refractivity contribution in [1.82, 2.24) is 5.32 Å². The Kier molecular flexibility index (Phi) is 7.76. The number of hydrogen-bond donors (Lipinski definition) is 1. The average molecular weight is 382 g/mol. The summed E-state index contributed by atoms with van der Waals surface area (Å²) in [5, 5.41) is 5.33. The van der Waals surface area contributed by atoms with E-state index in [4.69, 9.17) is 21.1 Å². The number of hydrogen-bond acceptors (Lipinski definition) is 5. The molecule has 1 aromatic carbocycles. The fraction of sp³-hybridized carbons (Fsp3) is 0.333. The number of rotatable bonds is 9. The van der Waals surface area contributed by atoms with Crippen molar-refractivity contribution < 1.29 is 19.1 Å². The van der Waals surface area contributed by atoms with E-state index in [0.29, 0.717) is 30.3 Å². The second-order valence-electron chi connectivity index (χ2n) is 5.38. The van der Waals surface area contributed by atoms with Gasteiger partial charge in [-0.3, -0.25) is 9.59 Å². The number of halogens is 1. The topological polar surface area (TPSA) is 64.6 Å². The Bertz CT molecular complexity index is 703. The van der Waals surface area contributed by atoms with Gasteiger partial charge < -0.3 is 14.8 Å². The molecule has 0 aliphatic rings. The van der Waals surface area contributed by atoms with E-state index in [1.807, 2.05) is 30.5 Å². The highest BCUT2D eigenvalue weighted by molar-refractivity contribution is 7.09. The molecule has 7 heteroatoms. The predicted molar refractivity (Wildman–Crippen MR) is 98.0 cm³/mol. The molecule has 0 unspecified atom stereocenters. The number of esters is 1. The van der Waals surface area contributed by atoms with Crippen LogP contribution in [0.1, 0.15) is 23.3 Å². The summed E-state index contributed by atoms with van der Waals surface area (Å²) in [5.74, 6) is -0.0139. The number of aryl methyl sites for hydroxylation is 1. The molecule has 25 heavy (non-hydrogen) atoms. The molecule has 134 valence electrons. The van der Waals surface area contributed by atoms with Crippen molar-refractivity contribution in [3.63, 3.8) is 0 Å². The Morgan fingerprint density at radius 1 is 1.28 bits per heavy atom. The standard InChI is InChI=1S/C18H20ClNO4S/c1-13-10-14(6-7-16(13)19)23-8-2-5-18(22)24-12-17(21)20-11-15-4-3-9-25-15/h3-4,6-7,9-10H,2,5,8,11-12H2,1H3,(H,20,21). The molecular weight excluding hydrogens is 362 g/mol. The Labute approximate surface area is 155 Å². The first-order chi connectivity index (χ1) is 12.0. The lowest BCUT2D eigenvalue weighted by Crippen LogP contribution is -2.28. The Morgan fingerprint density at radius 3 is 2.84 bits per heavy atom. The van der Waals surface area contributed by atoms with Crippen LogP contribution in [0, 0.1) is 6.92 Å². The van der Waals surface area contributed by atoms with Gasteiger partial charge >= 0.3 is 5.97 Å². The lowest BCUT2D eigenvalue weighted by molar-refractivity contribution is -0.148.